The van der Waals surface area contributed by atoms with Crippen molar-refractivity contribution in [2.45, 2.75) is 13.5 Å². The summed E-state index contributed by atoms with van der Waals surface area (Å²) in [7, 11) is 2.91. The first-order valence-electron chi connectivity index (χ1n) is 9.71. The molecule has 0 aliphatic carbocycles. The van der Waals surface area contributed by atoms with Gasteiger partial charge in [0.2, 0.25) is 0 Å². The second-order valence-corrected chi connectivity index (χ2v) is 6.91. The van der Waals surface area contributed by atoms with E-state index in [0.29, 0.717) is 17.2 Å². The molecule has 3 heterocycles. The zero-order valence-corrected chi connectivity index (χ0v) is 17.7. The molecule has 32 heavy (non-hydrogen) atoms. The van der Waals surface area contributed by atoms with Crippen LogP contribution in [-0.2, 0) is 11.3 Å². The van der Waals surface area contributed by atoms with Crippen LogP contribution < -0.4 is 14.8 Å². The lowest BCUT2D eigenvalue weighted by Crippen LogP contribution is -2.16. The minimum Gasteiger partial charge on any atom is -0.493 e. The van der Waals surface area contributed by atoms with Crippen molar-refractivity contribution in [3.8, 4) is 11.5 Å². The van der Waals surface area contributed by atoms with Crippen molar-refractivity contribution in [2.24, 2.45) is 0 Å². The molecule has 1 N–H and O–H groups in total. The van der Waals surface area contributed by atoms with E-state index in [1.54, 1.807) is 12.3 Å². The number of aryl methyl sites for hydroxylation is 1. The van der Waals surface area contributed by atoms with Crippen LogP contribution in [0, 0.1) is 6.92 Å². The first-order chi connectivity index (χ1) is 15.5. The minimum absolute atomic E-state index is 0.0418. The van der Waals surface area contributed by atoms with E-state index >= 15 is 0 Å². The Morgan fingerprint density at radius 3 is 2.59 bits per heavy atom. The van der Waals surface area contributed by atoms with Crippen molar-refractivity contribution < 1.29 is 28.2 Å². The lowest BCUT2D eigenvalue weighted by molar-refractivity contribution is 0.0469. The number of pyridine rings is 1. The van der Waals surface area contributed by atoms with E-state index in [-0.39, 0.29) is 23.6 Å². The zero-order valence-electron chi connectivity index (χ0n) is 17.7. The predicted octanol–water partition coefficient (Wildman–Crippen LogP) is 3.86. The molecule has 0 bridgehead atoms. The van der Waals surface area contributed by atoms with Gasteiger partial charge in [-0.05, 0) is 30.7 Å². The molecule has 0 unspecified atom stereocenters. The highest BCUT2D eigenvalue weighted by molar-refractivity contribution is 6.07. The highest BCUT2D eigenvalue weighted by Crippen LogP contribution is 2.34. The monoisotopic (exact) mass is 435 g/mol. The Morgan fingerprint density at radius 1 is 1.12 bits per heavy atom. The number of benzene rings is 1. The van der Waals surface area contributed by atoms with E-state index in [1.807, 2.05) is 29.7 Å². The minimum atomic E-state index is -0.658. The highest BCUT2D eigenvalue weighted by atomic mass is 16.5. The molecule has 1 aromatic carbocycles. The zero-order chi connectivity index (χ0) is 22.7. The molecule has 0 saturated carbocycles. The van der Waals surface area contributed by atoms with Crippen molar-refractivity contribution >= 4 is 23.2 Å². The molecule has 3 aromatic heterocycles. The molecule has 0 saturated heterocycles. The first-order valence-corrected chi connectivity index (χ1v) is 9.71. The standard InChI is InChI=1S/C23H21N3O6/c1-14-6-4-8-26-12-15(24-21(14)26)13-32-23(28)16-10-19(29-2)20(30-3)11-17(16)25-22(27)18-7-5-9-31-18/h4-12H,13H2,1-3H3,(H,25,27). The van der Waals surface area contributed by atoms with Gasteiger partial charge in [0.25, 0.3) is 5.91 Å². The molecular weight excluding hydrogens is 414 g/mol. The van der Waals surface area contributed by atoms with E-state index in [1.165, 1.54) is 38.7 Å². The van der Waals surface area contributed by atoms with E-state index in [2.05, 4.69) is 10.3 Å². The highest BCUT2D eigenvalue weighted by Gasteiger charge is 2.21. The third-order valence-corrected chi connectivity index (χ3v) is 4.82. The second-order valence-electron chi connectivity index (χ2n) is 6.91. The van der Waals surface area contributed by atoms with E-state index < -0.39 is 11.9 Å². The molecule has 1 amide bonds. The van der Waals surface area contributed by atoms with Crippen molar-refractivity contribution in [3.63, 3.8) is 0 Å². The number of hydrogen-bond donors (Lipinski definition) is 1. The first kappa shape index (κ1) is 21.0. The fourth-order valence-electron chi connectivity index (χ4n) is 3.23. The summed E-state index contributed by atoms with van der Waals surface area (Å²) in [5, 5.41) is 2.66. The molecule has 164 valence electrons. The molecule has 0 aliphatic heterocycles. The molecular formula is C23H21N3O6. The summed E-state index contributed by atoms with van der Waals surface area (Å²) in [5.41, 5.74) is 2.68. The average Bonchev–Trinajstić information content (AvgIpc) is 3.48. The summed E-state index contributed by atoms with van der Waals surface area (Å²) in [6, 6.07) is 9.92. The van der Waals surface area contributed by atoms with Gasteiger partial charge in [-0.15, -0.1) is 0 Å². The number of ether oxygens (including phenoxy) is 3. The number of amides is 1. The fourth-order valence-corrected chi connectivity index (χ4v) is 3.23. The maximum atomic E-state index is 12.9. The summed E-state index contributed by atoms with van der Waals surface area (Å²) < 4.78 is 23.1. The van der Waals surface area contributed by atoms with Gasteiger partial charge in [0, 0.05) is 24.5 Å². The molecule has 9 nitrogen and oxygen atoms in total. The SMILES string of the molecule is COc1cc(NC(=O)c2ccco2)c(C(=O)OCc2cn3cccc(C)c3n2)cc1OC. The van der Waals surface area contributed by atoms with Gasteiger partial charge >= 0.3 is 5.97 Å². The van der Waals surface area contributed by atoms with E-state index in [4.69, 9.17) is 18.6 Å². The number of carbonyl (C=O) groups excluding carboxylic acids is 2. The maximum Gasteiger partial charge on any atom is 0.340 e. The predicted molar refractivity (Wildman–Crippen MR) is 115 cm³/mol. The molecule has 0 spiro atoms. The number of methoxy groups -OCH3 is 2. The van der Waals surface area contributed by atoms with Crippen LogP contribution in [-0.4, -0.2) is 35.5 Å². The summed E-state index contributed by atoms with van der Waals surface area (Å²) in [6.45, 7) is 1.91. The summed E-state index contributed by atoms with van der Waals surface area (Å²) in [4.78, 5) is 29.9. The Balaban J connectivity index is 1.60. The molecule has 9 heteroatoms. The number of nitrogens with zero attached hydrogens (tertiary/aromatic N) is 2. The number of fused-ring (bicyclic) bond motifs is 1. The number of aromatic nitrogens is 2. The average molecular weight is 435 g/mol. The van der Waals surface area contributed by atoms with Crippen LogP contribution in [0.5, 0.6) is 11.5 Å². The van der Waals surface area contributed by atoms with Crippen LogP contribution in [0.15, 0.2) is 59.5 Å². The Labute approximate surface area is 183 Å². The Bertz CT molecular complexity index is 1280. The largest absolute Gasteiger partial charge is 0.493 e. The van der Waals surface area contributed by atoms with Crippen LogP contribution in [0.4, 0.5) is 5.69 Å². The number of esters is 1. The van der Waals surface area contributed by atoms with Crippen LogP contribution in [0.2, 0.25) is 0 Å². The summed E-state index contributed by atoms with van der Waals surface area (Å²) in [6.07, 6.45) is 5.05. The third-order valence-electron chi connectivity index (χ3n) is 4.82. The summed E-state index contributed by atoms with van der Waals surface area (Å²) >= 11 is 0. The molecule has 0 aliphatic rings. The van der Waals surface area contributed by atoms with Gasteiger partial charge in [-0.1, -0.05) is 6.07 Å². The number of anilines is 1. The molecule has 0 radical (unpaired) electrons. The van der Waals surface area contributed by atoms with Crippen LogP contribution in [0.1, 0.15) is 32.2 Å². The number of rotatable bonds is 7. The number of carbonyl (C=O) groups is 2. The van der Waals surface area contributed by atoms with Gasteiger partial charge < -0.3 is 28.3 Å². The number of imidazole rings is 1. The quantitative estimate of drug-likeness (QED) is 0.440. The van der Waals surface area contributed by atoms with Crippen molar-refractivity contribution in [3.05, 3.63) is 77.6 Å². The van der Waals surface area contributed by atoms with Crippen LogP contribution >= 0.6 is 0 Å². The van der Waals surface area contributed by atoms with Crippen molar-refractivity contribution in [1.82, 2.24) is 9.38 Å². The van der Waals surface area contributed by atoms with Gasteiger partial charge in [-0.2, -0.15) is 0 Å². The Kier molecular flexibility index (Phi) is 5.80. The maximum absolute atomic E-state index is 12.9. The number of nitrogens with one attached hydrogen (secondary N) is 1. The van der Waals surface area contributed by atoms with Gasteiger partial charge in [-0.25, -0.2) is 9.78 Å². The molecule has 0 atom stereocenters. The molecule has 4 aromatic rings. The third kappa shape index (κ3) is 4.13. The topological polar surface area (TPSA) is 104 Å². The van der Waals surface area contributed by atoms with Crippen LogP contribution in [0.3, 0.4) is 0 Å². The molecule has 0 fully saturated rings. The van der Waals surface area contributed by atoms with Crippen LogP contribution in [0.25, 0.3) is 5.65 Å². The van der Waals surface area contributed by atoms with Gasteiger partial charge in [0.05, 0.1) is 37.4 Å². The summed E-state index contributed by atoms with van der Waals surface area (Å²) in [5.74, 6) is -0.422. The smallest absolute Gasteiger partial charge is 0.340 e. The van der Waals surface area contributed by atoms with E-state index in [0.717, 1.165) is 11.2 Å². The fraction of sp³-hybridized carbons (Fsp3) is 0.174. The lowest BCUT2D eigenvalue weighted by Gasteiger charge is -2.14. The van der Waals surface area contributed by atoms with Crippen molar-refractivity contribution in [1.29, 1.82) is 0 Å². The Morgan fingerprint density at radius 2 is 1.91 bits per heavy atom. The molecule has 4 rings (SSSR count). The lowest BCUT2D eigenvalue weighted by atomic mass is 10.1. The normalized spacial score (nSPS) is 10.7. The Hall–Kier alpha value is -4.27. The van der Waals surface area contributed by atoms with Gasteiger partial charge in [0.1, 0.15) is 12.3 Å². The van der Waals surface area contributed by atoms with E-state index in [9.17, 15) is 9.59 Å². The second kappa shape index (κ2) is 8.84. The number of furan rings is 1. The van der Waals surface area contributed by atoms with Gasteiger partial charge in [0.15, 0.2) is 17.3 Å². The van der Waals surface area contributed by atoms with Crippen molar-refractivity contribution in [2.75, 3.05) is 19.5 Å². The van der Waals surface area contributed by atoms with Gasteiger partial charge in [-0.3, -0.25) is 4.79 Å². The number of hydrogen-bond acceptors (Lipinski definition) is 7.